The van der Waals surface area contributed by atoms with Gasteiger partial charge in [0.2, 0.25) is 0 Å². The summed E-state index contributed by atoms with van der Waals surface area (Å²) in [4.78, 5) is 0. The van der Waals surface area contributed by atoms with E-state index in [4.69, 9.17) is 0 Å². The van der Waals surface area contributed by atoms with Crippen LogP contribution in [0.5, 0.6) is 0 Å². The highest BCUT2D eigenvalue weighted by atomic mass is 16.3. The van der Waals surface area contributed by atoms with Crippen molar-refractivity contribution in [2.75, 3.05) is 0 Å². The summed E-state index contributed by atoms with van der Waals surface area (Å²) >= 11 is 0. The van der Waals surface area contributed by atoms with Crippen LogP contribution in [-0.2, 0) is 0 Å². The third-order valence-corrected chi connectivity index (χ3v) is 4.56. The Labute approximate surface area is 132 Å². The van der Waals surface area contributed by atoms with Gasteiger partial charge in [-0.1, -0.05) is 70.3 Å². The minimum Gasteiger partial charge on any atom is -0.389 e. The van der Waals surface area contributed by atoms with E-state index in [1.807, 2.05) is 6.08 Å². The van der Waals surface area contributed by atoms with Crippen molar-refractivity contribution in [3.05, 3.63) is 24.3 Å². The maximum atomic E-state index is 9.82. The minimum absolute atomic E-state index is 0.213. The molecule has 0 radical (unpaired) electrons. The van der Waals surface area contributed by atoms with Gasteiger partial charge in [-0.05, 0) is 50.4 Å². The van der Waals surface area contributed by atoms with Crippen molar-refractivity contribution in [2.24, 2.45) is 11.8 Å². The predicted molar refractivity (Wildman–Crippen MR) is 93.4 cm³/mol. The summed E-state index contributed by atoms with van der Waals surface area (Å²) < 4.78 is 0. The zero-order valence-electron chi connectivity index (χ0n) is 14.3. The Kier molecular flexibility index (Phi) is 10.6. The summed E-state index contributed by atoms with van der Waals surface area (Å²) in [6, 6.07) is 0. The first-order valence-electron chi connectivity index (χ1n) is 9.27. The van der Waals surface area contributed by atoms with E-state index in [9.17, 15) is 5.11 Å². The van der Waals surface area contributed by atoms with Gasteiger partial charge in [-0.3, -0.25) is 0 Å². The van der Waals surface area contributed by atoms with Crippen molar-refractivity contribution >= 4 is 0 Å². The molecule has 0 unspecified atom stereocenters. The van der Waals surface area contributed by atoms with E-state index in [0.717, 1.165) is 24.7 Å². The molecule has 1 heteroatoms. The summed E-state index contributed by atoms with van der Waals surface area (Å²) in [5, 5.41) is 9.82. The number of rotatable bonds is 13. The quantitative estimate of drug-likeness (QED) is 0.324. The summed E-state index contributed by atoms with van der Waals surface area (Å²) in [5.74, 6) is 1.84. The van der Waals surface area contributed by atoms with Gasteiger partial charge in [-0.15, -0.1) is 0 Å². The molecule has 0 aromatic carbocycles. The molecular weight excluding hydrogens is 256 g/mol. The molecular formula is C20H36O. The highest BCUT2D eigenvalue weighted by Crippen LogP contribution is 2.44. The van der Waals surface area contributed by atoms with Gasteiger partial charge in [-0.2, -0.15) is 0 Å². The van der Waals surface area contributed by atoms with Gasteiger partial charge in [0.1, 0.15) is 0 Å². The Bertz CT molecular complexity index is 292. The van der Waals surface area contributed by atoms with E-state index in [1.54, 1.807) is 0 Å². The molecule has 0 amide bonds. The average Bonchev–Trinajstić information content (AvgIpc) is 3.21. The molecule has 3 atom stereocenters. The summed E-state index contributed by atoms with van der Waals surface area (Å²) in [5.41, 5.74) is 0. The first-order chi connectivity index (χ1) is 10.3. The van der Waals surface area contributed by atoms with Crippen LogP contribution in [0.2, 0.25) is 0 Å². The molecule has 1 N–H and O–H groups in total. The molecule has 1 rings (SSSR count). The molecule has 0 spiro atoms. The van der Waals surface area contributed by atoms with Crippen LogP contribution < -0.4 is 0 Å². The maximum absolute atomic E-state index is 9.82. The van der Waals surface area contributed by atoms with E-state index >= 15 is 0 Å². The second kappa shape index (κ2) is 12.0. The average molecular weight is 293 g/mol. The largest absolute Gasteiger partial charge is 0.389 e. The van der Waals surface area contributed by atoms with Gasteiger partial charge >= 0.3 is 0 Å². The van der Waals surface area contributed by atoms with Crippen LogP contribution in [0.3, 0.4) is 0 Å². The Morgan fingerprint density at radius 3 is 2.48 bits per heavy atom. The fourth-order valence-electron chi connectivity index (χ4n) is 2.93. The van der Waals surface area contributed by atoms with Crippen LogP contribution in [-0.4, -0.2) is 11.2 Å². The van der Waals surface area contributed by atoms with Gasteiger partial charge in [-0.25, -0.2) is 0 Å². The maximum Gasteiger partial charge on any atom is 0.0720 e. The molecule has 0 aromatic rings. The van der Waals surface area contributed by atoms with Crippen LogP contribution in [0.25, 0.3) is 0 Å². The van der Waals surface area contributed by atoms with Crippen molar-refractivity contribution in [3.8, 4) is 0 Å². The summed E-state index contributed by atoms with van der Waals surface area (Å²) in [6.45, 7) is 4.45. The lowest BCUT2D eigenvalue weighted by Crippen LogP contribution is -2.01. The molecule has 1 aliphatic rings. The molecule has 0 bridgehead atoms. The van der Waals surface area contributed by atoms with E-state index in [-0.39, 0.29) is 6.10 Å². The zero-order valence-corrected chi connectivity index (χ0v) is 14.3. The lowest BCUT2D eigenvalue weighted by molar-refractivity contribution is 0.208. The third kappa shape index (κ3) is 9.90. The Morgan fingerprint density at radius 2 is 1.71 bits per heavy atom. The van der Waals surface area contributed by atoms with Crippen molar-refractivity contribution < 1.29 is 5.11 Å². The van der Waals surface area contributed by atoms with Gasteiger partial charge in [0.25, 0.3) is 0 Å². The fourth-order valence-corrected chi connectivity index (χ4v) is 2.93. The minimum atomic E-state index is -0.213. The molecule has 122 valence electrons. The monoisotopic (exact) mass is 292 g/mol. The van der Waals surface area contributed by atoms with Gasteiger partial charge in [0, 0.05) is 0 Å². The highest BCUT2D eigenvalue weighted by molar-refractivity contribution is 4.97. The second-order valence-electron chi connectivity index (χ2n) is 6.67. The fraction of sp³-hybridized carbons (Fsp3) is 0.800. The van der Waals surface area contributed by atoms with E-state index in [0.29, 0.717) is 0 Å². The molecule has 21 heavy (non-hydrogen) atoms. The predicted octanol–water partition coefficient (Wildman–Crippen LogP) is 6.04. The molecule has 1 aliphatic carbocycles. The second-order valence-corrected chi connectivity index (χ2v) is 6.67. The van der Waals surface area contributed by atoms with Crippen LogP contribution in [0, 0.1) is 11.8 Å². The van der Waals surface area contributed by atoms with Crippen molar-refractivity contribution in [1.82, 2.24) is 0 Å². The normalized spacial score (nSPS) is 23.2. The first kappa shape index (κ1) is 18.5. The zero-order chi connectivity index (χ0) is 15.3. The van der Waals surface area contributed by atoms with Gasteiger partial charge < -0.3 is 5.11 Å². The van der Waals surface area contributed by atoms with Crippen molar-refractivity contribution in [1.29, 1.82) is 0 Å². The first-order valence-corrected chi connectivity index (χ1v) is 9.27. The van der Waals surface area contributed by atoms with Crippen LogP contribution in [0.15, 0.2) is 24.3 Å². The van der Waals surface area contributed by atoms with E-state index < -0.39 is 0 Å². The number of allylic oxidation sites excluding steroid dienone is 3. The third-order valence-electron chi connectivity index (χ3n) is 4.56. The summed E-state index contributed by atoms with van der Waals surface area (Å²) in [7, 11) is 0. The molecule has 0 saturated heterocycles. The van der Waals surface area contributed by atoms with E-state index in [2.05, 4.69) is 32.1 Å². The number of hydrogen-bond donors (Lipinski definition) is 1. The molecule has 0 heterocycles. The number of unbranched alkanes of at least 4 members (excludes halogenated alkanes) is 4. The Hall–Kier alpha value is -0.560. The van der Waals surface area contributed by atoms with Crippen molar-refractivity contribution in [3.63, 3.8) is 0 Å². The van der Waals surface area contributed by atoms with E-state index in [1.165, 1.54) is 57.8 Å². The number of aliphatic hydroxyl groups excluding tert-OH is 1. The lowest BCUT2D eigenvalue weighted by Gasteiger charge is -2.04. The van der Waals surface area contributed by atoms with Crippen LogP contribution in [0.4, 0.5) is 0 Å². The summed E-state index contributed by atoms with van der Waals surface area (Å²) in [6.07, 6.45) is 22.4. The van der Waals surface area contributed by atoms with Gasteiger partial charge in [0.05, 0.1) is 6.10 Å². The van der Waals surface area contributed by atoms with Crippen LogP contribution >= 0.6 is 0 Å². The molecule has 1 saturated carbocycles. The Balaban J connectivity index is 1.97. The highest BCUT2D eigenvalue weighted by Gasteiger charge is 2.34. The van der Waals surface area contributed by atoms with Gasteiger partial charge in [0.15, 0.2) is 0 Å². The lowest BCUT2D eigenvalue weighted by atomic mass is 10.1. The van der Waals surface area contributed by atoms with Crippen molar-refractivity contribution in [2.45, 2.75) is 90.6 Å². The SMILES string of the molecule is CCCC/C=C\CC[C@H]1C[C@@H]1C/C=C/[C@H](O)CCCCC. The number of aliphatic hydroxyl groups is 1. The molecule has 1 nitrogen and oxygen atoms in total. The molecule has 0 aromatic heterocycles. The standard InChI is InChI=1S/C20H36O/c1-3-5-7-8-9-11-13-18-17-19(18)14-12-16-20(21)15-10-6-4-2/h8-9,12,16,18-21H,3-7,10-11,13-15,17H2,1-2H3/b9-8-,16-12+/t18-,19-,20+/m0/s1. The van der Waals surface area contributed by atoms with Crippen LogP contribution in [0.1, 0.15) is 84.5 Å². The Morgan fingerprint density at radius 1 is 0.952 bits per heavy atom. The molecule has 1 fully saturated rings. The smallest absolute Gasteiger partial charge is 0.0720 e. The topological polar surface area (TPSA) is 20.2 Å². The number of hydrogen-bond acceptors (Lipinski definition) is 1. The molecule has 0 aliphatic heterocycles.